The van der Waals surface area contributed by atoms with Crippen LogP contribution in [0.3, 0.4) is 0 Å². The first-order chi connectivity index (χ1) is 10.1. The minimum absolute atomic E-state index is 0.0896. The molecule has 1 aromatic carbocycles. The second kappa shape index (κ2) is 7.57. The Morgan fingerprint density at radius 1 is 1.38 bits per heavy atom. The van der Waals surface area contributed by atoms with E-state index in [0.717, 1.165) is 37.1 Å². The van der Waals surface area contributed by atoms with E-state index in [1.807, 2.05) is 43.0 Å². The minimum atomic E-state index is 0.0896. The predicted octanol–water partition coefficient (Wildman–Crippen LogP) is 2.46. The summed E-state index contributed by atoms with van der Waals surface area (Å²) in [6, 6.07) is 7.66. The van der Waals surface area contributed by atoms with Crippen molar-refractivity contribution < 1.29 is 14.6 Å². The molecule has 2 rings (SSSR count). The molecule has 1 amide bonds. The fourth-order valence-electron chi connectivity index (χ4n) is 2.62. The van der Waals surface area contributed by atoms with Crippen molar-refractivity contribution in [3.8, 4) is 0 Å². The molecule has 0 radical (unpaired) electrons. The van der Waals surface area contributed by atoms with Crippen LogP contribution in [-0.4, -0.2) is 41.7 Å². The molecule has 0 aliphatic carbocycles. The van der Waals surface area contributed by atoms with Crippen molar-refractivity contribution in [2.24, 2.45) is 5.92 Å². The average molecular weight is 291 g/mol. The number of carbonyl (C=O) groups excluding carboxylic acids is 1. The standard InChI is InChI=1S/C17H25NO3/c1-13(2)21-12-15-3-5-16(6-4-15)17(20)18-9-7-14(11-18)8-10-19/h3-6,13-14,19H,7-12H2,1-2H3. The molecule has 0 aromatic heterocycles. The van der Waals surface area contributed by atoms with Gasteiger partial charge in [0.15, 0.2) is 0 Å². The van der Waals surface area contributed by atoms with Gasteiger partial charge >= 0.3 is 0 Å². The van der Waals surface area contributed by atoms with E-state index in [9.17, 15) is 4.79 Å². The van der Waals surface area contributed by atoms with Gasteiger partial charge in [0.05, 0.1) is 12.7 Å². The van der Waals surface area contributed by atoms with E-state index in [2.05, 4.69) is 0 Å². The van der Waals surface area contributed by atoms with E-state index in [-0.39, 0.29) is 18.6 Å². The smallest absolute Gasteiger partial charge is 0.253 e. The van der Waals surface area contributed by atoms with Gasteiger partial charge in [0, 0.05) is 25.3 Å². The summed E-state index contributed by atoms with van der Waals surface area (Å²) in [6.45, 7) is 6.35. The van der Waals surface area contributed by atoms with E-state index < -0.39 is 0 Å². The number of benzene rings is 1. The summed E-state index contributed by atoms with van der Waals surface area (Å²) in [7, 11) is 0. The SMILES string of the molecule is CC(C)OCc1ccc(C(=O)N2CCC(CCO)C2)cc1. The lowest BCUT2D eigenvalue weighted by Crippen LogP contribution is -2.28. The van der Waals surface area contributed by atoms with Crippen LogP contribution in [0.15, 0.2) is 24.3 Å². The van der Waals surface area contributed by atoms with Crippen LogP contribution >= 0.6 is 0 Å². The number of hydrogen-bond donors (Lipinski definition) is 1. The van der Waals surface area contributed by atoms with Gasteiger partial charge < -0.3 is 14.7 Å². The fraction of sp³-hybridized carbons (Fsp3) is 0.588. The molecule has 4 heteroatoms. The Labute approximate surface area is 126 Å². The largest absolute Gasteiger partial charge is 0.396 e. The lowest BCUT2D eigenvalue weighted by atomic mass is 10.1. The molecule has 1 saturated heterocycles. The molecular formula is C17H25NO3. The number of nitrogens with zero attached hydrogens (tertiary/aromatic N) is 1. The molecule has 116 valence electrons. The highest BCUT2D eigenvalue weighted by molar-refractivity contribution is 5.94. The van der Waals surface area contributed by atoms with Crippen molar-refractivity contribution in [3.63, 3.8) is 0 Å². The van der Waals surface area contributed by atoms with Crippen LogP contribution in [0.5, 0.6) is 0 Å². The molecule has 1 unspecified atom stereocenters. The monoisotopic (exact) mass is 291 g/mol. The lowest BCUT2D eigenvalue weighted by Gasteiger charge is -2.16. The topological polar surface area (TPSA) is 49.8 Å². The van der Waals surface area contributed by atoms with Gasteiger partial charge in [-0.2, -0.15) is 0 Å². The zero-order chi connectivity index (χ0) is 15.2. The van der Waals surface area contributed by atoms with Crippen molar-refractivity contribution in [2.75, 3.05) is 19.7 Å². The first-order valence-electron chi connectivity index (χ1n) is 7.71. The van der Waals surface area contributed by atoms with Crippen LogP contribution in [-0.2, 0) is 11.3 Å². The zero-order valence-corrected chi connectivity index (χ0v) is 12.9. The molecule has 1 N–H and O–H groups in total. The van der Waals surface area contributed by atoms with Gasteiger partial charge in [-0.05, 0) is 50.3 Å². The molecule has 1 fully saturated rings. The number of aliphatic hydroxyl groups is 1. The third kappa shape index (κ3) is 4.55. The zero-order valence-electron chi connectivity index (χ0n) is 12.9. The number of hydrogen-bond acceptors (Lipinski definition) is 3. The van der Waals surface area contributed by atoms with Gasteiger partial charge in [0.1, 0.15) is 0 Å². The van der Waals surface area contributed by atoms with Gasteiger partial charge in [-0.15, -0.1) is 0 Å². The molecule has 0 spiro atoms. The van der Waals surface area contributed by atoms with Gasteiger partial charge in [-0.3, -0.25) is 4.79 Å². The maximum Gasteiger partial charge on any atom is 0.253 e. The second-order valence-corrected chi connectivity index (χ2v) is 5.97. The maximum atomic E-state index is 12.4. The van der Waals surface area contributed by atoms with Gasteiger partial charge in [-0.1, -0.05) is 12.1 Å². The number of likely N-dealkylation sites (tertiary alicyclic amines) is 1. The summed E-state index contributed by atoms with van der Waals surface area (Å²) in [4.78, 5) is 14.3. The summed E-state index contributed by atoms with van der Waals surface area (Å²) < 4.78 is 5.55. The van der Waals surface area contributed by atoms with Crippen molar-refractivity contribution >= 4 is 5.91 Å². The molecule has 21 heavy (non-hydrogen) atoms. The predicted molar refractivity (Wildman–Crippen MR) is 82.1 cm³/mol. The van der Waals surface area contributed by atoms with Crippen LogP contribution < -0.4 is 0 Å². The number of carbonyl (C=O) groups is 1. The Hall–Kier alpha value is -1.39. The van der Waals surface area contributed by atoms with Crippen molar-refractivity contribution in [1.82, 2.24) is 4.90 Å². The fourth-order valence-corrected chi connectivity index (χ4v) is 2.62. The summed E-state index contributed by atoms with van der Waals surface area (Å²) in [5.41, 5.74) is 1.81. The molecule has 1 atom stereocenters. The Balaban J connectivity index is 1.91. The highest BCUT2D eigenvalue weighted by Crippen LogP contribution is 2.21. The molecule has 4 nitrogen and oxygen atoms in total. The van der Waals surface area contributed by atoms with Crippen LogP contribution in [0.4, 0.5) is 0 Å². The van der Waals surface area contributed by atoms with Gasteiger partial charge in [0.2, 0.25) is 0 Å². The molecule has 1 aliphatic heterocycles. The number of ether oxygens (including phenoxy) is 1. The first-order valence-corrected chi connectivity index (χ1v) is 7.71. The molecule has 1 heterocycles. The van der Waals surface area contributed by atoms with Crippen LogP contribution in [0.2, 0.25) is 0 Å². The number of rotatable bonds is 6. The van der Waals surface area contributed by atoms with E-state index in [1.54, 1.807) is 0 Å². The summed E-state index contributed by atoms with van der Waals surface area (Å²) in [5, 5.41) is 8.97. The lowest BCUT2D eigenvalue weighted by molar-refractivity contribution is 0.0656. The van der Waals surface area contributed by atoms with E-state index in [1.165, 1.54) is 0 Å². The molecule has 0 bridgehead atoms. The van der Waals surface area contributed by atoms with E-state index in [0.29, 0.717) is 12.5 Å². The quantitative estimate of drug-likeness (QED) is 0.876. The van der Waals surface area contributed by atoms with E-state index in [4.69, 9.17) is 9.84 Å². The van der Waals surface area contributed by atoms with Crippen LogP contribution in [0, 0.1) is 5.92 Å². The Morgan fingerprint density at radius 2 is 2.10 bits per heavy atom. The van der Waals surface area contributed by atoms with Gasteiger partial charge in [0.25, 0.3) is 5.91 Å². The number of amides is 1. The molecule has 1 aliphatic rings. The average Bonchev–Trinajstić information content (AvgIpc) is 2.94. The third-order valence-electron chi connectivity index (χ3n) is 3.89. The highest BCUT2D eigenvalue weighted by atomic mass is 16.5. The third-order valence-corrected chi connectivity index (χ3v) is 3.89. The Bertz CT molecular complexity index is 456. The maximum absolute atomic E-state index is 12.4. The van der Waals surface area contributed by atoms with E-state index >= 15 is 0 Å². The molecule has 1 aromatic rings. The van der Waals surface area contributed by atoms with Crippen LogP contribution in [0.25, 0.3) is 0 Å². The van der Waals surface area contributed by atoms with Crippen molar-refractivity contribution in [1.29, 1.82) is 0 Å². The summed E-state index contributed by atoms with van der Waals surface area (Å²) in [5.74, 6) is 0.532. The highest BCUT2D eigenvalue weighted by Gasteiger charge is 2.26. The normalized spacial score (nSPS) is 18.5. The second-order valence-electron chi connectivity index (χ2n) is 5.97. The van der Waals surface area contributed by atoms with Gasteiger partial charge in [-0.25, -0.2) is 0 Å². The molecule has 0 saturated carbocycles. The Morgan fingerprint density at radius 3 is 2.71 bits per heavy atom. The molecular weight excluding hydrogens is 266 g/mol. The Kier molecular flexibility index (Phi) is 5.76. The first kappa shape index (κ1) is 16.0. The summed E-state index contributed by atoms with van der Waals surface area (Å²) in [6.07, 6.45) is 1.99. The number of aliphatic hydroxyl groups excluding tert-OH is 1. The van der Waals surface area contributed by atoms with Crippen molar-refractivity contribution in [2.45, 2.75) is 39.4 Å². The minimum Gasteiger partial charge on any atom is -0.396 e. The summed E-state index contributed by atoms with van der Waals surface area (Å²) >= 11 is 0. The van der Waals surface area contributed by atoms with Crippen molar-refractivity contribution in [3.05, 3.63) is 35.4 Å². The van der Waals surface area contributed by atoms with Crippen LogP contribution in [0.1, 0.15) is 42.6 Å².